The number of aromatic hydroxyl groups is 1. The van der Waals surface area contributed by atoms with E-state index in [1.54, 1.807) is 24.3 Å². The van der Waals surface area contributed by atoms with E-state index in [9.17, 15) is 24.3 Å². The van der Waals surface area contributed by atoms with Crippen LogP contribution in [-0.4, -0.2) is 74.7 Å². The van der Waals surface area contributed by atoms with Gasteiger partial charge in [-0.05, 0) is 106 Å². The number of rotatable bonds is 16. The Morgan fingerprint density at radius 3 is 2.25 bits per heavy atom. The second kappa shape index (κ2) is 22.6. The maximum Gasteiger partial charge on any atom is 0.411 e. The largest absolute Gasteiger partial charge is 0.506 e. The number of ether oxygens (including phenoxy) is 4. The van der Waals surface area contributed by atoms with Crippen LogP contribution in [0.25, 0.3) is 22.0 Å². The van der Waals surface area contributed by atoms with E-state index in [1.165, 1.54) is 13.2 Å². The lowest BCUT2D eigenvalue weighted by Crippen LogP contribution is -2.43. The summed E-state index contributed by atoms with van der Waals surface area (Å²) in [5.74, 6) is 0.457. The molecule has 4 aromatic carbocycles. The maximum atomic E-state index is 13.3. The van der Waals surface area contributed by atoms with Gasteiger partial charge in [0.15, 0.2) is 8.32 Å². The van der Waals surface area contributed by atoms with Gasteiger partial charge in [-0.1, -0.05) is 80.9 Å². The summed E-state index contributed by atoms with van der Waals surface area (Å²) in [5, 5.41) is 23.5. The van der Waals surface area contributed by atoms with Crippen LogP contribution in [0, 0.1) is 0 Å². The summed E-state index contributed by atoms with van der Waals surface area (Å²) in [5.41, 5.74) is 4.36. The maximum absolute atomic E-state index is 13.3. The van der Waals surface area contributed by atoms with Crippen molar-refractivity contribution in [2.45, 2.75) is 122 Å². The molecule has 5 aromatic rings. The minimum Gasteiger partial charge on any atom is -0.506 e. The number of hydrogen-bond acceptors (Lipinski definition) is 11. The second-order valence-corrected chi connectivity index (χ2v) is 25.0. The lowest BCUT2D eigenvalue weighted by Gasteiger charge is -2.39. The van der Waals surface area contributed by atoms with Crippen molar-refractivity contribution >= 4 is 60.5 Å². The van der Waals surface area contributed by atoms with Crippen LogP contribution in [0.5, 0.6) is 11.5 Å². The van der Waals surface area contributed by atoms with E-state index in [4.69, 9.17) is 35.0 Å². The smallest absolute Gasteiger partial charge is 0.411 e. The molecular weight excluding hydrogens is 918 g/mol. The topological polar surface area (TPSA) is 199 Å². The minimum absolute atomic E-state index is 0.0256. The SMILES string of the molecule is COc1cc(NC(=O)OCCc2ccc(-c3ccccc3)c(NC(=O)O[C@H]3CC[C@H](NC(=O)OC(C)(C)C)CC3)c2)c(Cl)cc1CNCC(O[Si](C)(C)C(C)(C)C)c1ccc(O)c2[nH]c(=O)ccc12. The molecule has 0 radical (unpaired) electrons. The van der Waals surface area contributed by atoms with Gasteiger partial charge in [-0.2, -0.15) is 0 Å². The number of anilines is 2. The second-order valence-electron chi connectivity index (χ2n) is 19.8. The van der Waals surface area contributed by atoms with Crippen LogP contribution in [0.2, 0.25) is 23.2 Å². The fourth-order valence-corrected chi connectivity index (χ4v) is 9.37. The van der Waals surface area contributed by atoms with Crippen LogP contribution >= 0.6 is 11.6 Å². The number of pyridine rings is 1. The Kier molecular flexibility index (Phi) is 17.1. The van der Waals surface area contributed by atoms with Crippen LogP contribution in [-0.2, 0) is 31.6 Å². The van der Waals surface area contributed by atoms with E-state index >= 15 is 0 Å². The van der Waals surface area contributed by atoms with E-state index in [2.05, 4.69) is 60.1 Å². The zero-order valence-electron chi connectivity index (χ0n) is 41.0. The predicted octanol–water partition coefficient (Wildman–Crippen LogP) is 11.6. The van der Waals surface area contributed by atoms with Gasteiger partial charge >= 0.3 is 18.3 Å². The van der Waals surface area contributed by atoms with E-state index in [0.717, 1.165) is 27.8 Å². The first-order valence-electron chi connectivity index (χ1n) is 23.3. The number of benzene rings is 4. The van der Waals surface area contributed by atoms with Crippen molar-refractivity contribution in [2.24, 2.45) is 0 Å². The van der Waals surface area contributed by atoms with Crippen LogP contribution in [0.1, 0.15) is 90.0 Å². The molecule has 3 amide bonds. The minimum atomic E-state index is -2.31. The molecule has 0 saturated heterocycles. The highest BCUT2D eigenvalue weighted by Gasteiger charge is 2.40. The fourth-order valence-electron chi connectivity index (χ4n) is 7.86. The predicted molar refractivity (Wildman–Crippen MR) is 273 cm³/mol. The Morgan fingerprint density at radius 2 is 1.57 bits per heavy atom. The highest BCUT2D eigenvalue weighted by molar-refractivity contribution is 6.74. The molecule has 1 unspecified atom stereocenters. The molecule has 0 spiro atoms. The molecule has 6 N–H and O–H groups in total. The first kappa shape index (κ1) is 52.3. The van der Waals surface area contributed by atoms with Crippen LogP contribution < -0.4 is 31.6 Å². The quantitative estimate of drug-likeness (QED) is 0.0406. The molecule has 69 heavy (non-hydrogen) atoms. The standard InChI is InChI=1S/C52H66ClN5O10Si/c1-51(2,3)67-50(63)55-35-16-18-36(19-17-35)66-49(62)56-41-27-32(15-20-37(41)33-13-11-10-12-14-33)25-26-65-48(61)57-42-29-44(64-7)34(28-40(42)53)30-54-31-45(68-69(8,9)52(4,5)6)38-21-23-43(59)47-39(38)22-24-46(60)58-47/h10-15,20-24,27-29,35-36,45,54,59H,16-19,25-26,30-31H2,1-9H3,(H,55,63)(H,56,62)(H,57,61)(H,58,60)/t35-,36-,45?. The summed E-state index contributed by atoms with van der Waals surface area (Å²) in [4.78, 5) is 53.6. The molecule has 0 bridgehead atoms. The van der Waals surface area contributed by atoms with Crippen molar-refractivity contribution in [3.63, 3.8) is 0 Å². The van der Waals surface area contributed by atoms with E-state index in [1.807, 2.05) is 75.4 Å². The Bertz CT molecular complexity index is 2660. The molecule has 6 rings (SSSR count). The van der Waals surface area contributed by atoms with Gasteiger partial charge < -0.3 is 44.1 Å². The van der Waals surface area contributed by atoms with Crippen molar-refractivity contribution in [1.82, 2.24) is 15.6 Å². The third-order valence-corrected chi connectivity index (χ3v) is 17.2. The average molecular weight is 985 g/mol. The van der Waals surface area contributed by atoms with Gasteiger partial charge in [0, 0.05) is 54.2 Å². The van der Waals surface area contributed by atoms with Gasteiger partial charge in [-0.15, -0.1) is 0 Å². The molecule has 1 fully saturated rings. The first-order chi connectivity index (χ1) is 32.6. The zero-order chi connectivity index (χ0) is 50.1. The van der Waals surface area contributed by atoms with E-state index in [0.29, 0.717) is 73.2 Å². The number of carbonyl (C=O) groups is 3. The zero-order valence-corrected chi connectivity index (χ0v) is 42.7. The van der Waals surface area contributed by atoms with E-state index in [-0.39, 0.29) is 40.1 Å². The van der Waals surface area contributed by atoms with Crippen LogP contribution in [0.3, 0.4) is 0 Å². The highest BCUT2D eigenvalue weighted by atomic mass is 35.5. The number of fused-ring (bicyclic) bond motifs is 1. The van der Waals surface area contributed by atoms with Gasteiger partial charge in [0.05, 0.1) is 41.7 Å². The van der Waals surface area contributed by atoms with Crippen LogP contribution in [0.15, 0.2) is 89.7 Å². The van der Waals surface area contributed by atoms with Gasteiger partial charge in [0.1, 0.15) is 23.2 Å². The Morgan fingerprint density at radius 1 is 0.855 bits per heavy atom. The third-order valence-electron chi connectivity index (χ3n) is 12.4. The molecule has 0 aliphatic heterocycles. The molecule has 1 aromatic heterocycles. The number of halogens is 1. The number of hydrogen-bond donors (Lipinski definition) is 6. The number of H-pyrrole nitrogens is 1. The van der Waals surface area contributed by atoms with Gasteiger partial charge in [-0.25, -0.2) is 14.4 Å². The normalized spacial score (nSPS) is 15.7. The summed E-state index contributed by atoms with van der Waals surface area (Å²) < 4.78 is 29.5. The summed E-state index contributed by atoms with van der Waals surface area (Å²) in [6.45, 7) is 17.1. The molecule has 1 aliphatic rings. The van der Waals surface area contributed by atoms with Gasteiger partial charge in [0.25, 0.3) is 0 Å². The Balaban J connectivity index is 1.05. The van der Waals surface area contributed by atoms with Crippen molar-refractivity contribution < 1.29 is 42.9 Å². The number of amides is 3. The molecule has 17 heteroatoms. The van der Waals surface area contributed by atoms with Crippen molar-refractivity contribution in [1.29, 1.82) is 0 Å². The molecule has 1 heterocycles. The number of nitrogens with one attached hydrogen (secondary N) is 5. The molecule has 370 valence electrons. The number of phenols is 1. The summed E-state index contributed by atoms with van der Waals surface area (Å²) >= 11 is 6.74. The Labute approximate surface area is 410 Å². The molecular formula is C52H66ClN5O10Si. The first-order valence-corrected chi connectivity index (χ1v) is 26.6. The van der Waals surface area contributed by atoms with E-state index < -0.39 is 38.3 Å². The molecule has 1 aliphatic carbocycles. The average Bonchev–Trinajstić information content (AvgIpc) is 3.27. The molecule has 1 atom stereocenters. The summed E-state index contributed by atoms with van der Waals surface area (Å²) in [6.07, 6.45) is 0.358. The van der Waals surface area contributed by atoms with Crippen molar-refractivity contribution in [3.05, 3.63) is 117 Å². The number of methoxy groups -OCH3 is 1. The summed E-state index contributed by atoms with van der Waals surface area (Å²) in [6, 6.07) is 25.2. The monoisotopic (exact) mass is 983 g/mol. The van der Waals surface area contributed by atoms with Gasteiger partial charge in [-0.3, -0.25) is 15.4 Å². The van der Waals surface area contributed by atoms with Crippen molar-refractivity contribution in [2.75, 3.05) is 30.9 Å². The molecule has 1 saturated carbocycles. The van der Waals surface area contributed by atoms with Crippen molar-refractivity contribution in [3.8, 4) is 22.6 Å². The lowest BCUT2D eigenvalue weighted by atomic mass is 9.93. The van der Waals surface area contributed by atoms with Crippen LogP contribution in [0.4, 0.5) is 25.8 Å². The highest BCUT2D eigenvalue weighted by Crippen LogP contribution is 2.41. The number of aromatic nitrogens is 1. The molecule has 15 nitrogen and oxygen atoms in total. The number of phenolic OH excluding ortho intramolecular Hbond substituents is 1. The lowest BCUT2D eigenvalue weighted by molar-refractivity contribution is 0.0440. The third kappa shape index (κ3) is 14.5. The Hall–Kier alpha value is -6.07. The van der Waals surface area contributed by atoms with Gasteiger partial charge in [0.2, 0.25) is 5.56 Å². The summed E-state index contributed by atoms with van der Waals surface area (Å²) in [7, 11) is -0.780. The number of carbonyl (C=O) groups excluding carboxylic acids is 3. The fraction of sp³-hybridized carbons (Fsp3) is 0.423. The number of alkyl carbamates (subject to hydrolysis) is 1. The number of aromatic amines is 1.